The zero-order valence-electron chi connectivity index (χ0n) is 29.7. The van der Waals surface area contributed by atoms with Crippen LogP contribution in [0.1, 0.15) is 101 Å². The molecule has 2 aromatic rings. The van der Waals surface area contributed by atoms with Crippen LogP contribution in [0.4, 0.5) is 4.79 Å². The zero-order chi connectivity index (χ0) is 34.1. The molecule has 5 aliphatic rings. The van der Waals surface area contributed by atoms with Crippen molar-refractivity contribution >= 4 is 17.7 Å². The molecular formula is C39H51N3O6. The number of carbonyl (C=O) groups is 2. The van der Waals surface area contributed by atoms with Crippen molar-refractivity contribution in [2.24, 2.45) is 27.8 Å². The second kappa shape index (κ2) is 11.8. The van der Waals surface area contributed by atoms with E-state index in [2.05, 4.69) is 32.7 Å². The lowest BCUT2D eigenvalue weighted by Crippen LogP contribution is -2.70. The van der Waals surface area contributed by atoms with Crippen molar-refractivity contribution < 1.29 is 28.5 Å². The highest BCUT2D eigenvalue weighted by Gasteiger charge is 2.67. The minimum absolute atomic E-state index is 0.116. The summed E-state index contributed by atoms with van der Waals surface area (Å²) in [5, 5.41) is 7.43. The fourth-order valence-corrected chi connectivity index (χ4v) is 9.19. The second-order valence-corrected chi connectivity index (χ2v) is 16.3. The maximum atomic E-state index is 13.9. The number of carbonyl (C=O) groups excluding carboxylic acids is 2. The minimum atomic E-state index is -0.730. The van der Waals surface area contributed by atoms with Crippen LogP contribution in [0.3, 0.4) is 0 Å². The molecule has 2 amide bonds. The molecule has 4 atom stereocenters. The van der Waals surface area contributed by atoms with E-state index in [4.69, 9.17) is 24.0 Å². The number of hydrazone groups is 1. The van der Waals surface area contributed by atoms with Gasteiger partial charge < -0.3 is 18.9 Å². The van der Waals surface area contributed by atoms with E-state index in [-0.39, 0.29) is 29.2 Å². The van der Waals surface area contributed by atoms with Gasteiger partial charge in [0.1, 0.15) is 29.3 Å². The Bertz CT molecular complexity index is 1620. The minimum Gasteiger partial charge on any atom is -0.488 e. The summed E-state index contributed by atoms with van der Waals surface area (Å²) in [5.74, 6) is 1.62. The third-order valence-electron chi connectivity index (χ3n) is 12.0. The van der Waals surface area contributed by atoms with E-state index < -0.39 is 17.3 Å². The first-order valence-electron chi connectivity index (χ1n) is 17.7. The average molecular weight is 658 g/mol. The molecule has 3 fully saturated rings. The van der Waals surface area contributed by atoms with Crippen LogP contribution in [0.15, 0.2) is 41.5 Å². The van der Waals surface area contributed by atoms with Crippen molar-refractivity contribution in [1.29, 1.82) is 0 Å². The molecule has 1 saturated heterocycles. The molecule has 2 aromatic carbocycles. The third kappa shape index (κ3) is 5.37. The van der Waals surface area contributed by atoms with E-state index in [1.54, 1.807) is 0 Å². The molecule has 0 unspecified atom stereocenters. The molecule has 0 aromatic heterocycles. The topological polar surface area (TPSA) is 89.9 Å². The number of hydrogen-bond acceptors (Lipinski definition) is 8. The Morgan fingerprint density at radius 3 is 2.50 bits per heavy atom. The predicted molar refractivity (Wildman–Crippen MR) is 183 cm³/mol. The summed E-state index contributed by atoms with van der Waals surface area (Å²) in [5.41, 5.74) is 2.90. The first-order valence-corrected chi connectivity index (χ1v) is 17.7. The van der Waals surface area contributed by atoms with Gasteiger partial charge in [-0.15, -0.1) is 0 Å². The van der Waals surface area contributed by atoms with Gasteiger partial charge in [0.25, 0.3) is 5.91 Å². The summed E-state index contributed by atoms with van der Waals surface area (Å²) >= 11 is 0. The van der Waals surface area contributed by atoms with Crippen LogP contribution >= 0.6 is 0 Å². The van der Waals surface area contributed by atoms with Crippen LogP contribution in [0.2, 0.25) is 0 Å². The number of ether oxygens (including phenoxy) is 4. The molecule has 258 valence electrons. The summed E-state index contributed by atoms with van der Waals surface area (Å²) in [6.07, 6.45) is 3.95. The van der Waals surface area contributed by atoms with Gasteiger partial charge in [-0.3, -0.25) is 9.80 Å². The maximum absolute atomic E-state index is 13.9. The Labute approximate surface area is 284 Å². The van der Waals surface area contributed by atoms with E-state index >= 15 is 0 Å². The lowest BCUT2D eigenvalue weighted by Gasteiger charge is -2.66. The zero-order valence-corrected chi connectivity index (χ0v) is 29.7. The van der Waals surface area contributed by atoms with Crippen molar-refractivity contribution in [3.63, 3.8) is 0 Å². The quantitative estimate of drug-likeness (QED) is 0.339. The molecule has 1 spiro atoms. The molecule has 48 heavy (non-hydrogen) atoms. The van der Waals surface area contributed by atoms with Gasteiger partial charge in [-0.2, -0.15) is 5.10 Å². The highest BCUT2D eigenvalue weighted by Crippen LogP contribution is 2.66. The number of nitrogens with zero attached hydrogens (tertiary/aromatic N) is 3. The number of rotatable bonds is 4. The number of hydrogen-bond donors (Lipinski definition) is 0. The summed E-state index contributed by atoms with van der Waals surface area (Å²) < 4.78 is 25.4. The number of benzene rings is 2. The smallest absolute Gasteiger partial charge is 0.417 e. The largest absolute Gasteiger partial charge is 0.488 e. The second-order valence-electron chi connectivity index (χ2n) is 16.3. The molecule has 0 radical (unpaired) electrons. The SMILES string of the molecule is C[C@H]1CC[C@H]2C(C)(C)C(=NN3CCOCC3)CC[C@]23Oc2c(c(OCc4ccccc4)cc4c2CN(C(=O)OC(C)(C)C)C4=O)C[C@]13C. The van der Waals surface area contributed by atoms with Gasteiger partial charge in [-0.05, 0) is 70.4 Å². The van der Waals surface area contributed by atoms with Gasteiger partial charge >= 0.3 is 6.09 Å². The number of amides is 2. The summed E-state index contributed by atoms with van der Waals surface area (Å²) in [6.45, 7) is 18.5. The fraction of sp³-hybridized carbons (Fsp3) is 0.615. The highest BCUT2D eigenvalue weighted by atomic mass is 16.6. The third-order valence-corrected chi connectivity index (χ3v) is 12.0. The number of imide groups is 1. The molecular weight excluding hydrogens is 606 g/mol. The lowest BCUT2D eigenvalue weighted by atomic mass is 9.44. The molecule has 7 rings (SSSR count). The van der Waals surface area contributed by atoms with Crippen molar-refractivity contribution in [1.82, 2.24) is 9.91 Å². The summed E-state index contributed by atoms with van der Waals surface area (Å²) in [7, 11) is 0. The van der Waals surface area contributed by atoms with Crippen LogP contribution < -0.4 is 9.47 Å². The van der Waals surface area contributed by atoms with Crippen molar-refractivity contribution in [2.75, 3.05) is 26.3 Å². The van der Waals surface area contributed by atoms with Crippen molar-refractivity contribution in [3.8, 4) is 11.5 Å². The Morgan fingerprint density at radius 1 is 1.06 bits per heavy atom. The standard InChI is InChI=1S/C39H51N3O6/c1-25-13-14-31-37(5,6)32(40-41-17-19-45-20-18-41)15-16-39(31)38(25,7)22-28-30(46-24-26-11-9-8-10-12-26)21-27-29(33(28)47-39)23-42(34(27)43)35(44)48-36(2,3)4/h8-12,21,25,31H,13-20,22-24H2,1-7H3/t25-,31-,38+,39-/m0/s1. The van der Waals surface area contributed by atoms with Crippen LogP contribution in [0, 0.1) is 22.7 Å². The van der Waals surface area contributed by atoms with Crippen LogP contribution in [-0.4, -0.2) is 65.1 Å². The first kappa shape index (κ1) is 32.9. The van der Waals surface area contributed by atoms with Gasteiger partial charge in [0.15, 0.2) is 0 Å². The normalized spacial score (nSPS) is 30.1. The molecule has 3 heterocycles. The molecule has 9 heteroatoms. The summed E-state index contributed by atoms with van der Waals surface area (Å²) in [6, 6.07) is 11.9. The summed E-state index contributed by atoms with van der Waals surface area (Å²) in [4.78, 5) is 28.5. The van der Waals surface area contributed by atoms with E-state index in [1.165, 1.54) is 10.6 Å². The highest BCUT2D eigenvalue weighted by molar-refractivity contribution is 6.07. The predicted octanol–water partition coefficient (Wildman–Crippen LogP) is 7.39. The average Bonchev–Trinajstić information content (AvgIpc) is 3.37. The Kier molecular flexibility index (Phi) is 8.08. The molecule has 9 nitrogen and oxygen atoms in total. The van der Waals surface area contributed by atoms with Gasteiger partial charge in [0, 0.05) is 33.6 Å². The number of fused-ring (bicyclic) bond motifs is 3. The Hall–Kier alpha value is -3.59. The number of morpholine rings is 1. The molecule has 2 saturated carbocycles. The van der Waals surface area contributed by atoms with E-state index in [1.807, 2.05) is 57.2 Å². The van der Waals surface area contributed by atoms with E-state index in [9.17, 15) is 9.59 Å². The van der Waals surface area contributed by atoms with Gasteiger partial charge in [0.2, 0.25) is 0 Å². The maximum Gasteiger partial charge on any atom is 0.417 e. The lowest BCUT2D eigenvalue weighted by molar-refractivity contribution is -0.191. The fourth-order valence-electron chi connectivity index (χ4n) is 9.19. The van der Waals surface area contributed by atoms with E-state index in [0.717, 1.165) is 67.6 Å². The van der Waals surface area contributed by atoms with Gasteiger partial charge in [-0.1, -0.05) is 58.0 Å². The molecule has 2 aliphatic carbocycles. The van der Waals surface area contributed by atoms with Crippen LogP contribution in [-0.2, 0) is 29.0 Å². The van der Waals surface area contributed by atoms with Crippen LogP contribution in [0.5, 0.6) is 11.5 Å². The Morgan fingerprint density at radius 2 is 1.79 bits per heavy atom. The van der Waals surface area contributed by atoms with Gasteiger partial charge in [0.05, 0.1) is 38.4 Å². The monoisotopic (exact) mass is 657 g/mol. The van der Waals surface area contributed by atoms with Crippen molar-refractivity contribution in [3.05, 3.63) is 58.7 Å². The Balaban J connectivity index is 1.32. The van der Waals surface area contributed by atoms with Crippen molar-refractivity contribution in [2.45, 2.75) is 105 Å². The van der Waals surface area contributed by atoms with E-state index in [0.29, 0.717) is 37.1 Å². The van der Waals surface area contributed by atoms with Crippen LogP contribution in [0.25, 0.3) is 0 Å². The molecule has 3 aliphatic heterocycles. The first-order chi connectivity index (χ1) is 22.7. The molecule has 0 bridgehead atoms. The molecule has 0 N–H and O–H groups in total. The van der Waals surface area contributed by atoms with Gasteiger partial charge in [-0.25, -0.2) is 9.69 Å².